The highest BCUT2D eigenvalue weighted by molar-refractivity contribution is 5.87. The Labute approximate surface area is 151 Å². The minimum absolute atomic E-state index is 0.000386. The number of carboxylic acids is 1. The van der Waals surface area contributed by atoms with E-state index in [2.05, 4.69) is 4.98 Å². The lowest BCUT2D eigenvalue weighted by Crippen LogP contribution is -2.21. The first-order chi connectivity index (χ1) is 12.8. The molecule has 0 aliphatic carbocycles. The Balaban J connectivity index is 1.93. The number of nitrogens with one attached hydrogen (secondary N) is 1. The Hall–Kier alpha value is -3.55. The maximum Gasteiger partial charge on any atom is 0.337 e. The fraction of sp³-hybridized carbons (Fsp3) is 0.105. The number of rotatable bonds is 5. The van der Waals surface area contributed by atoms with Gasteiger partial charge in [-0.05, 0) is 29.8 Å². The van der Waals surface area contributed by atoms with Gasteiger partial charge in [-0.15, -0.1) is 0 Å². The van der Waals surface area contributed by atoms with E-state index < -0.39 is 28.7 Å². The number of aromatic nitrogens is 2. The molecule has 0 aliphatic heterocycles. The van der Waals surface area contributed by atoms with Crippen LogP contribution in [0.1, 0.15) is 27.0 Å². The number of pyridine rings is 2. The highest BCUT2D eigenvalue weighted by atomic mass is 19.1. The molecule has 0 spiro atoms. The van der Waals surface area contributed by atoms with Crippen LogP contribution in [0.25, 0.3) is 0 Å². The van der Waals surface area contributed by atoms with Crippen LogP contribution in [0, 0.1) is 11.6 Å². The van der Waals surface area contributed by atoms with Crippen LogP contribution in [0.4, 0.5) is 8.78 Å². The fourth-order valence-electron chi connectivity index (χ4n) is 2.65. The van der Waals surface area contributed by atoms with Gasteiger partial charge in [0.25, 0.3) is 11.1 Å². The smallest absolute Gasteiger partial charge is 0.337 e. The van der Waals surface area contributed by atoms with Gasteiger partial charge in [0, 0.05) is 36.0 Å². The number of carbonyl (C=O) groups is 1. The van der Waals surface area contributed by atoms with Gasteiger partial charge in [-0.3, -0.25) is 9.59 Å². The molecule has 0 atom stereocenters. The van der Waals surface area contributed by atoms with Gasteiger partial charge in [-0.2, -0.15) is 0 Å². The van der Waals surface area contributed by atoms with Crippen molar-refractivity contribution in [3.05, 3.63) is 103 Å². The van der Waals surface area contributed by atoms with Crippen LogP contribution in [0.5, 0.6) is 0 Å². The molecule has 0 bridgehead atoms. The standard InChI is InChI=1S/C19H14F2N2O4/c20-15-8-14(10-23-9-12(19(26)27)3-4-17(23)24)16(21)7-13(15)6-11-2-1-5-22-18(11)25/h1-5,7-9H,6,10H2,(H,22,25)(H,26,27). The minimum Gasteiger partial charge on any atom is -0.478 e. The second-order valence-corrected chi connectivity index (χ2v) is 5.93. The van der Waals surface area contributed by atoms with Crippen molar-refractivity contribution in [2.75, 3.05) is 0 Å². The molecule has 3 rings (SSSR count). The summed E-state index contributed by atoms with van der Waals surface area (Å²) in [6.07, 6.45) is 2.42. The van der Waals surface area contributed by atoms with Gasteiger partial charge in [0.05, 0.1) is 12.1 Å². The summed E-state index contributed by atoms with van der Waals surface area (Å²) in [6.45, 7) is -0.324. The van der Waals surface area contributed by atoms with Crippen molar-refractivity contribution in [3.63, 3.8) is 0 Å². The molecule has 8 heteroatoms. The number of hydrogen-bond donors (Lipinski definition) is 2. The number of hydrogen-bond acceptors (Lipinski definition) is 3. The Morgan fingerprint density at radius 3 is 2.44 bits per heavy atom. The summed E-state index contributed by atoms with van der Waals surface area (Å²) < 4.78 is 29.8. The predicted octanol–water partition coefficient (Wildman–Crippen LogP) is 2.15. The molecule has 2 N–H and O–H groups in total. The molecule has 0 saturated carbocycles. The van der Waals surface area contributed by atoms with Gasteiger partial charge < -0.3 is 14.7 Å². The van der Waals surface area contributed by atoms with Gasteiger partial charge in [-0.1, -0.05) is 6.07 Å². The molecule has 0 amide bonds. The Kier molecular flexibility index (Phi) is 4.98. The SMILES string of the molecule is O=C(O)c1ccc(=O)n(Cc2cc(F)c(Cc3ccc[nH]c3=O)cc2F)c1. The van der Waals surface area contributed by atoms with Crippen molar-refractivity contribution >= 4 is 5.97 Å². The maximum atomic E-state index is 14.4. The lowest BCUT2D eigenvalue weighted by atomic mass is 10.0. The summed E-state index contributed by atoms with van der Waals surface area (Å²) in [4.78, 5) is 37.0. The van der Waals surface area contributed by atoms with Crippen molar-refractivity contribution in [3.8, 4) is 0 Å². The van der Waals surface area contributed by atoms with E-state index in [1.165, 1.54) is 12.3 Å². The molecule has 0 saturated heterocycles. The van der Waals surface area contributed by atoms with Gasteiger partial charge in [-0.25, -0.2) is 13.6 Å². The quantitative estimate of drug-likeness (QED) is 0.718. The van der Waals surface area contributed by atoms with Crippen LogP contribution in [0.2, 0.25) is 0 Å². The number of aromatic carboxylic acids is 1. The normalized spacial score (nSPS) is 10.7. The zero-order valence-corrected chi connectivity index (χ0v) is 13.9. The topological polar surface area (TPSA) is 92.2 Å². The Morgan fingerprint density at radius 1 is 1.04 bits per heavy atom. The van der Waals surface area contributed by atoms with Crippen molar-refractivity contribution < 1.29 is 18.7 Å². The molecule has 138 valence electrons. The lowest BCUT2D eigenvalue weighted by molar-refractivity contribution is 0.0696. The van der Waals surface area contributed by atoms with Crippen molar-refractivity contribution in [1.82, 2.24) is 9.55 Å². The third kappa shape index (κ3) is 4.00. The molecule has 2 aromatic heterocycles. The van der Waals surface area contributed by atoms with Crippen molar-refractivity contribution in [1.29, 1.82) is 0 Å². The number of halogens is 2. The summed E-state index contributed by atoms with van der Waals surface area (Å²) in [5.74, 6) is -2.72. The van der Waals surface area contributed by atoms with E-state index in [1.807, 2.05) is 0 Å². The number of benzene rings is 1. The summed E-state index contributed by atoms with van der Waals surface area (Å²) in [5, 5.41) is 8.99. The van der Waals surface area contributed by atoms with Crippen LogP contribution < -0.4 is 11.1 Å². The van der Waals surface area contributed by atoms with Gasteiger partial charge in [0.2, 0.25) is 0 Å². The molecule has 27 heavy (non-hydrogen) atoms. The first-order valence-corrected chi connectivity index (χ1v) is 7.92. The molecule has 0 radical (unpaired) electrons. The van der Waals surface area contributed by atoms with Crippen LogP contribution in [-0.2, 0) is 13.0 Å². The average Bonchev–Trinajstić information content (AvgIpc) is 2.62. The first-order valence-electron chi connectivity index (χ1n) is 7.92. The molecule has 0 aliphatic rings. The van der Waals surface area contributed by atoms with Gasteiger partial charge in [0.1, 0.15) is 11.6 Å². The van der Waals surface area contributed by atoms with E-state index in [1.54, 1.807) is 6.07 Å². The van der Waals surface area contributed by atoms with Crippen LogP contribution in [0.15, 0.2) is 58.4 Å². The molecule has 6 nitrogen and oxygen atoms in total. The van der Waals surface area contributed by atoms with E-state index in [-0.39, 0.29) is 35.2 Å². The van der Waals surface area contributed by atoms with Crippen LogP contribution in [0.3, 0.4) is 0 Å². The van der Waals surface area contributed by atoms with E-state index in [0.717, 1.165) is 35.0 Å². The van der Waals surface area contributed by atoms with Gasteiger partial charge in [0.15, 0.2) is 0 Å². The van der Waals surface area contributed by atoms with Crippen molar-refractivity contribution in [2.45, 2.75) is 13.0 Å². The molecule has 0 unspecified atom stereocenters. The number of nitrogens with zero attached hydrogens (tertiary/aromatic N) is 1. The Morgan fingerprint density at radius 2 is 1.74 bits per heavy atom. The minimum atomic E-state index is -1.24. The van der Waals surface area contributed by atoms with Gasteiger partial charge >= 0.3 is 5.97 Å². The number of H-pyrrole nitrogens is 1. The average molecular weight is 372 g/mol. The second kappa shape index (κ2) is 7.36. The summed E-state index contributed by atoms with van der Waals surface area (Å²) in [7, 11) is 0. The summed E-state index contributed by atoms with van der Waals surface area (Å²) in [6, 6.07) is 7.21. The first kappa shape index (κ1) is 18.2. The predicted molar refractivity (Wildman–Crippen MR) is 93.0 cm³/mol. The van der Waals surface area contributed by atoms with E-state index in [0.29, 0.717) is 0 Å². The fourth-order valence-corrected chi connectivity index (χ4v) is 2.65. The monoisotopic (exact) mass is 372 g/mol. The third-order valence-corrected chi connectivity index (χ3v) is 4.07. The van der Waals surface area contributed by atoms with E-state index in [9.17, 15) is 23.2 Å². The molecule has 2 heterocycles. The van der Waals surface area contributed by atoms with Crippen molar-refractivity contribution in [2.24, 2.45) is 0 Å². The maximum absolute atomic E-state index is 14.4. The zero-order valence-electron chi connectivity index (χ0n) is 13.9. The van der Waals surface area contributed by atoms with Crippen LogP contribution in [-0.4, -0.2) is 20.6 Å². The van der Waals surface area contributed by atoms with E-state index in [4.69, 9.17) is 5.11 Å². The second-order valence-electron chi connectivity index (χ2n) is 5.93. The lowest BCUT2D eigenvalue weighted by Gasteiger charge is -2.10. The summed E-state index contributed by atoms with van der Waals surface area (Å²) >= 11 is 0. The molecule has 3 aromatic rings. The molecular weight excluding hydrogens is 358 g/mol. The number of carboxylic acid groups (broad SMARTS) is 1. The highest BCUT2D eigenvalue weighted by Gasteiger charge is 2.14. The number of aromatic amines is 1. The Bertz CT molecular complexity index is 1140. The zero-order chi connectivity index (χ0) is 19.6. The van der Waals surface area contributed by atoms with Crippen LogP contribution >= 0.6 is 0 Å². The van der Waals surface area contributed by atoms with E-state index >= 15 is 0 Å². The largest absolute Gasteiger partial charge is 0.478 e. The molecular formula is C19H14F2N2O4. The third-order valence-electron chi connectivity index (χ3n) is 4.07. The summed E-state index contributed by atoms with van der Waals surface area (Å²) in [5.41, 5.74) is -0.898. The molecule has 1 aromatic carbocycles. The highest BCUT2D eigenvalue weighted by Crippen LogP contribution is 2.18. The molecule has 0 fully saturated rings.